The van der Waals surface area contributed by atoms with Crippen molar-refractivity contribution in [2.75, 3.05) is 13.7 Å². The Bertz CT molecular complexity index is 900. The van der Waals surface area contributed by atoms with Crippen molar-refractivity contribution in [3.8, 4) is 0 Å². The highest BCUT2D eigenvalue weighted by Crippen LogP contribution is 2.39. The molecule has 0 radical (unpaired) electrons. The Balaban J connectivity index is 1.95. The normalized spacial score (nSPS) is 17.0. The summed E-state index contributed by atoms with van der Waals surface area (Å²) in [6, 6.07) is 3.68. The molecule has 0 spiro atoms. The Morgan fingerprint density at radius 1 is 1.38 bits per heavy atom. The van der Waals surface area contributed by atoms with Crippen LogP contribution in [0.25, 0.3) is 0 Å². The van der Waals surface area contributed by atoms with Crippen LogP contribution < -0.4 is 5.32 Å². The summed E-state index contributed by atoms with van der Waals surface area (Å²) in [5, 5.41) is 3.60. The minimum Gasteiger partial charge on any atom is -0.467 e. The molecule has 1 aliphatic rings. The van der Waals surface area contributed by atoms with Crippen molar-refractivity contribution >= 4 is 35.2 Å². The Labute approximate surface area is 179 Å². The van der Waals surface area contributed by atoms with Gasteiger partial charge < -0.3 is 19.9 Å². The van der Waals surface area contributed by atoms with Crippen molar-refractivity contribution in [2.45, 2.75) is 38.8 Å². The first-order valence-corrected chi connectivity index (χ1v) is 10.2. The molecule has 29 heavy (non-hydrogen) atoms. The number of H-pyrrole nitrogens is 1. The van der Waals surface area contributed by atoms with Gasteiger partial charge in [-0.1, -0.05) is 49.2 Å². The van der Waals surface area contributed by atoms with Crippen LogP contribution in [0.1, 0.15) is 43.3 Å². The zero-order chi connectivity index (χ0) is 21.1. The lowest BCUT2D eigenvalue weighted by molar-refractivity contribution is -0.143. The molecule has 2 aromatic rings. The fourth-order valence-corrected chi connectivity index (χ4v) is 4.01. The second-order valence-electron chi connectivity index (χ2n) is 7.41. The molecular formula is C20H24Cl2N4O3. The number of aromatic nitrogens is 2. The summed E-state index contributed by atoms with van der Waals surface area (Å²) in [4.78, 5) is 34.6. The average molecular weight is 439 g/mol. The van der Waals surface area contributed by atoms with Crippen LogP contribution in [0.2, 0.25) is 10.0 Å². The number of amides is 2. The monoisotopic (exact) mass is 438 g/mol. The minimum absolute atomic E-state index is 0.205. The van der Waals surface area contributed by atoms with Crippen molar-refractivity contribution in [1.82, 2.24) is 20.2 Å². The van der Waals surface area contributed by atoms with Crippen LogP contribution in [0, 0.1) is 5.92 Å². The number of carbonyl (C=O) groups excluding carboxylic acids is 2. The molecule has 1 aromatic carbocycles. The Kier molecular flexibility index (Phi) is 6.70. The lowest BCUT2D eigenvalue weighted by Gasteiger charge is -2.36. The number of esters is 1. The molecule has 2 unspecified atom stereocenters. The maximum Gasteiger partial charge on any atom is 0.328 e. The number of aromatic amines is 1. The molecular weight excluding hydrogens is 415 g/mol. The average Bonchev–Trinajstić information content (AvgIpc) is 3.16. The minimum atomic E-state index is -0.733. The first-order valence-electron chi connectivity index (χ1n) is 9.44. The van der Waals surface area contributed by atoms with E-state index in [1.165, 1.54) is 7.11 Å². The lowest BCUT2D eigenvalue weighted by Crippen LogP contribution is -2.51. The van der Waals surface area contributed by atoms with Crippen molar-refractivity contribution < 1.29 is 14.3 Å². The molecule has 0 aliphatic carbocycles. The molecule has 9 heteroatoms. The van der Waals surface area contributed by atoms with Gasteiger partial charge in [-0.3, -0.25) is 0 Å². The molecule has 156 valence electrons. The van der Waals surface area contributed by atoms with Gasteiger partial charge in [-0.05, 0) is 18.4 Å². The van der Waals surface area contributed by atoms with E-state index in [4.69, 9.17) is 27.9 Å². The molecule has 2 amide bonds. The summed E-state index contributed by atoms with van der Waals surface area (Å²) in [6.45, 7) is 4.39. The van der Waals surface area contributed by atoms with Gasteiger partial charge in [0.25, 0.3) is 0 Å². The number of fused-ring (bicyclic) bond motifs is 1. The standard InChI is InChI=1S/C20H24Cl2N4O3/c1-11(2)9-15(19(27)29-3)25-20(28)26-8-7-14-17(24-10-23-14)18(26)12-5-4-6-13(21)16(12)22/h4-6,10-11,15,18H,7-9H2,1-3H3,(H,23,24)(H,25,28). The summed E-state index contributed by atoms with van der Waals surface area (Å²) in [5.74, 6) is -0.265. The molecule has 1 aromatic heterocycles. The highest BCUT2D eigenvalue weighted by atomic mass is 35.5. The van der Waals surface area contributed by atoms with Gasteiger partial charge in [0.15, 0.2) is 0 Å². The molecule has 3 rings (SSSR count). The zero-order valence-corrected chi connectivity index (χ0v) is 18.0. The van der Waals surface area contributed by atoms with E-state index in [2.05, 4.69) is 15.3 Å². The number of methoxy groups -OCH3 is 1. The van der Waals surface area contributed by atoms with Gasteiger partial charge >= 0.3 is 12.0 Å². The van der Waals surface area contributed by atoms with Crippen LogP contribution in [0.5, 0.6) is 0 Å². The van der Waals surface area contributed by atoms with Crippen LogP contribution in [0.4, 0.5) is 4.79 Å². The topological polar surface area (TPSA) is 87.3 Å². The fourth-order valence-electron chi connectivity index (χ4n) is 3.60. The zero-order valence-electron chi connectivity index (χ0n) is 16.5. The van der Waals surface area contributed by atoms with E-state index in [9.17, 15) is 9.59 Å². The predicted molar refractivity (Wildman–Crippen MR) is 111 cm³/mol. The molecule has 0 saturated heterocycles. The van der Waals surface area contributed by atoms with E-state index in [-0.39, 0.29) is 11.9 Å². The maximum atomic E-state index is 13.2. The quantitative estimate of drug-likeness (QED) is 0.691. The number of nitrogens with zero attached hydrogens (tertiary/aromatic N) is 2. The summed E-state index contributed by atoms with van der Waals surface area (Å²) < 4.78 is 4.86. The SMILES string of the molecule is COC(=O)C(CC(C)C)NC(=O)N1CCc2[nH]cnc2C1c1cccc(Cl)c1Cl. The van der Waals surface area contributed by atoms with Crippen molar-refractivity contribution in [1.29, 1.82) is 0 Å². The summed E-state index contributed by atoms with van der Waals surface area (Å²) in [6.07, 6.45) is 2.69. The molecule has 1 aliphatic heterocycles. The van der Waals surface area contributed by atoms with Gasteiger partial charge in [-0.15, -0.1) is 0 Å². The first kappa shape index (κ1) is 21.5. The van der Waals surface area contributed by atoms with Crippen molar-refractivity contribution in [2.24, 2.45) is 5.92 Å². The highest BCUT2D eigenvalue weighted by molar-refractivity contribution is 6.42. The first-order chi connectivity index (χ1) is 13.8. The second kappa shape index (κ2) is 9.05. The third kappa shape index (κ3) is 4.51. The molecule has 0 fully saturated rings. The number of hydrogen-bond donors (Lipinski definition) is 2. The van der Waals surface area contributed by atoms with E-state index in [1.807, 2.05) is 19.9 Å². The Morgan fingerprint density at radius 3 is 2.83 bits per heavy atom. The van der Waals surface area contributed by atoms with Gasteiger partial charge in [-0.2, -0.15) is 0 Å². The largest absolute Gasteiger partial charge is 0.467 e. The molecule has 2 N–H and O–H groups in total. The van der Waals surface area contributed by atoms with Gasteiger partial charge in [0.2, 0.25) is 0 Å². The highest BCUT2D eigenvalue weighted by Gasteiger charge is 2.37. The van der Waals surface area contributed by atoms with E-state index < -0.39 is 18.1 Å². The molecule has 2 atom stereocenters. The van der Waals surface area contributed by atoms with E-state index in [0.29, 0.717) is 40.7 Å². The van der Waals surface area contributed by atoms with Crippen LogP contribution in [0.3, 0.4) is 0 Å². The van der Waals surface area contributed by atoms with Gasteiger partial charge in [0, 0.05) is 24.2 Å². The number of benzene rings is 1. The van der Waals surface area contributed by atoms with Crippen LogP contribution in [-0.4, -0.2) is 46.6 Å². The predicted octanol–water partition coefficient (Wildman–Crippen LogP) is 3.96. The maximum absolute atomic E-state index is 13.2. The third-order valence-electron chi connectivity index (χ3n) is 4.95. The van der Waals surface area contributed by atoms with Crippen molar-refractivity contribution in [3.63, 3.8) is 0 Å². The summed E-state index contributed by atoms with van der Waals surface area (Å²) in [7, 11) is 1.31. The van der Waals surface area contributed by atoms with Crippen LogP contribution in [0.15, 0.2) is 24.5 Å². The molecule has 7 nitrogen and oxygen atoms in total. The Morgan fingerprint density at radius 2 is 2.14 bits per heavy atom. The van der Waals surface area contributed by atoms with E-state index in [1.54, 1.807) is 23.4 Å². The van der Waals surface area contributed by atoms with Crippen LogP contribution in [-0.2, 0) is 16.0 Å². The number of nitrogens with one attached hydrogen (secondary N) is 2. The fraction of sp³-hybridized carbons (Fsp3) is 0.450. The van der Waals surface area contributed by atoms with Gasteiger partial charge in [-0.25, -0.2) is 14.6 Å². The summed E-state index contributed by atoms with van der Waals surface area (Å²) >= 11 is 12.7. The molecule has 2 heterocycles. The van der Waals surface area contributed by atoms with Crippen molar-refractivity contribution in [3.05, 3.63) is 51.5 Å². The number of carbonyl (C=O) groups is 2. The molecule has 0 bridgehead atoms. The van der Waals surface area contributed by atoms with E-state index in [0.717, 1.165) is 5.69 Å². The number of halogens is 2. The summed E-state index contributed by atoms with van der Waals surface area (Å²) in [5.41, 5.74) is 2.34. The molecule has 0 saturated carbocycles. The number of urea groups is 1. The number of hydrogen-bond acceptors (Lipinski definition) is 4. The number of rotatable bonds is 5. The number of ether oxygens (including phenoxy) is 1. The van der Waals surface area contributed by atoms with Gasteiger partial charge in [0.05, 0.1) is 29.2 Å². The van der Waals surface area contributed by atoms with Crippen LogP contribution >= 0.6 is 23.2 Å². The van der Waals surface area contributed by atoms with Gasteiger partial charge in [0.1, 0.15) is 12.1 Å². The Hall–Kier alpha value is -2.25. The number of imidazole rings is 1. The van der Waals surface area contributed by atoms with E-state index >= 15 is 0 Å². The second-order valence-corrected chi connectivity index (χ2v) is 8.20. The lowest BCUT2D eigenvalue weighted by atomic mass is 9.95. The smallest absolute Gasteiger partial charge is 0.328 e. The third-order valence-corrected chi connectivity index (χ3v) is 5.79.